The second-order valence-corrected chi connectivity index (χ2v) is 13.3. The molecule has 8 aromatic carbocycles. The van der Waals surface area contributed by atoms with Gasteiger partial charge in [-0.15, -0.1) is 11.3 Å². The number of hydrogen-bond acceptors (Lipinski definition) is 2. The van der Waals surface area contributed by atoms with E-state index in [0.29, 0.717) is 0 Å². The van der Waals surface area contributed by atoms with Crippen LogP contribution in [0, 0.1) is 0 Å². The molecular weight excluding hydrogens is 599 g/mol. The Bertz CT molecular complexity index is 2560. The van der Waals surface area contributed by atoms with Crippen LogP contribution in [0.1, 0.15) is 0 Å². The Balaban J connectivity index is 1.16. The summed E-state index contributed by atoms with van der Waals surface area (Å²) in [5.41, 5.74) is 10.6. The third-order valence-electron chi connectivity index (χ3n) is 9.24. The first-order valence-corrected chi connectivity index (χ1v) is 17.2. The molecule has 0 spiro atoms. The Kier molecular flexibility index (Phi) is 7.07. The average molecular weight is 630 g/mol. The molecule has 226 valence electrons. The monoisotopic (exact) mass is 629 g/mol. The maximum Gasteiger partial charge on any atom is 0.0467 e. The van der Waals surface area contributed by atoms with E-state index in [0.717, 1.165) is 17.1 Å². The van der Waals surface area contributed by atoms with Gasteiger partial charge in [0.15, 0.2) is 0 Å². The van der Waals surface area contributed by atoms with E-state index in [2.05, 4.69) is 193 Å². The van der Waals surface area contributed by atoms with Crippen LogP contribution >= 0.6 is 11.3 Å². The lowest BCUT2D eigenvalue weighted by Gasteiger charge is -2.27. The van der Waals surface area contributed by atoms with Crippen LogP contribution in [-0.2, 0) is 0 Å². The lowest BCUT2D eigenvalue weighted by Crippen LogP contribution is -2.10. The molecule has 1 aromatic heterocycles. The molecule has 0 saturated carbocycles. The zero-order valence-electron chi connectivity index (χ0n) is 26.3. The van der Waals surface area contributed by atoms with Gasteiger partial charge < -0.3 is 4.90 Å². The number of anilines is 3. The summed E-state index contributed by atoms with van der Waals surface area (Å²) < 4.78 is 2.64. The minimum absolute atomic E-state index is 1.11. The highest BCUT2D eigenvalue weighted by atomic mass is 32.1. The lowest BCUT2D eigenvalue weighted by atomic mass is 9.99. The van der Waals surface area contributed by atoms with Crippen LogP contribution in [0.2, 0.25) is 0 Å². The maximum absolute atomic E-state index is 2.38. The zero-order valence-corrected chi connectivity index (χ0v) is 27.1. The van der Waals surface area contributed by atoms with Gasteiger partial charge >= 0.3 is 0 Å². The van der Waals surface area contributed by atoms with Crippen molar-refractivity contribution in [3.05, 3.63) is 188 Å². The minimum Gasteiger partial charge on any atom is -0.310 e. The summed E-state index contributed by atoms with van der Waals surface area (Å²) in [4.78, 5) is 2.38. The molecule has 0 saturated heterocycles. The van der Waals surface area contributed by atoms with Gasteiger partial charge in [-0.1, -0.05) is 133 Å². The zero-order chi connectivity index (χ0) is 31.9. The Labute approximate surface area is 284 Å². The quantitative estimate of drug-likeness (QED) is 0.177. The van der Waals surface area contributed by atoms with Gasteiger partial charge in [0.25, 0.3) is 0 Å². The van der Waals surface area contributed by atoms with Gasteiger partial charge in [-0.3, -0.25) is 0 Å². The van der Waals surface area contributed by atoms with Gasteiger partial charge in [0, 0.05) is 37.2 Å². The van der Waals surface area contributed by atoms with Gasteiger partial charge in [0.05, 0.1) is 0 Å². The van der Waals surface area contributed by atoms with Crippen molar-refractivity contribution in [1.29, 1.82) is 0 Å². The maximum atomic E-state index is 2.38. The lowest BCUT2D eigenvalue weighted by molar-refractivity contribution is 1.28. The molecule has 0 aliphatic carbocycles. The highest BCUT2D eigenvalue weighted by Crippen LogP contribution is 2.41. The summed E-state index contributed by atoms with van der Waals surface area (Å²) in [6, 6.07) is 68.2. The van der Waals surface area contributed by atoms with Crippen molar-refractivity contribution < 1.29 is 0 Å². The fraction of sp³-hybridized carbons (Fsp3) is 0. The molecule has 0 N–H and O–H groups in total. The standard InChI is InChI=1S/C46H31NS/c1-2-10-32(11-3-1)34-22-25-40(26-23-34)47(41-16-8-14-36(29-41)38-21-20-33-12-4-5-13-35(33)28-38)42-17-9-15-37(30-42)39-24-27-44-43-18-6-7-19-45(43)48-46(44)31-39/h1-31H. The number of benzene rings is 8. The fourth-order valence-electron chi connectivity index (χ4n) is 6.80. The fourth-order valence-corrected chi connectivity index (χ4v) is 7.95. The molecular formula is C46H31NS. The molecule has 48 heavy (non-hydrogen) atoms. The van der Waals surface area contributed by atoms with E-state index in [4.69, 9.17) is 0 Å². The first-order chi connectivity index (χ1) is 23.8. The Morgan fingerprint density at radius 2 is 0.833 bits per heavy atom. The van der Waals surface area contributed by atoms with E-state index < -0.39 is 0 Å². The number of rotatable bonds is 6. The van der Waals surface area contributed by atoms with Crippen molar-refractivity contribution in [3.63, 3.8) is 0 Å². The highest BCUT2D eigenvalue weighted by molar-refractivity contribution is 7.25. The molecule has 1 nitrogen and oxygen atoms in total. The smallest absolute Gasteiger partial charge is 0.0467 e. The highest BCUT2D eigenvalue weighted by Gasteiger charge is 2.16. The first kappa shape index (κ1) is 28.3. The second kappa shape index (κ2) is 12.0. The van der Waals surface area contributed by atoms with Gasteiger partial charge in [-0.2, -0.15) is 0 Å². The van der Waals surface area contributed by atoms with Gasteiger partial charge in [0.2, 0.25) is 0 Å². The largest absolute Gasteiger partial charge is 0.310 e. The predicted octanol–water partition coefficient (Wildman–Crippen LogP) is 13.7. The van der Waals surface area contributed by atoms with Crippen molar-refractivity contribution in [2.24, 2.45) is 0 Å². The Hall–Kier alpha value is -5.96. The van der Waals surface area contributed by atoms with Gasteiger partial charge in [-0.05, 0) is 98.8 Å². The van der Waals surface area contributed by atoms with Crippen molar-refractivity contribution in [2.45, 2.75) is 0 Å². The molecule has 0 bridgehead atoms. The molecule has 0 aliphatic heterocycles. The van der Waals surface area contributed by atoms with Crippen LogP contribution in [0.5, 0.6) is 0 Å². The van der Waals surface area contributed by atoms with Crippen LogP contribution in [0.15, 0.2) is 188 Å². The number of thiophene rings is 1. The molecule has 0 fully saturated rings. The molecule has 0 amide bonds. The van der Waals surface area contributed by atoms with Crippen molar-refractivity contribution >= 4 is 59.3 Å². The van der Waals surface area contributed by atoms with Crippen molar-refractivity contribution in [1.82, 2.24) is 0 Å². The minimum atomic E-state index is 1.11. The molecule has 0 atom stereocenters. The Morgan fingerprint density at radius 3 is 1.60 bits per heavy atom. The SMILES string of the molecule is c1ccc(-c2ccc(N(c3cccc(-c4ccc5ccccc5c4)c3)c3cccc(-c4ccc5c(c4)sc4ccccc45)c3)cc2)cc1. The van der Waals surface area contributed by atoms with Gasteiger partial charge in [-0.25, -0.2) is 0 Å². The molecule has 9 rings (SSSR count). The Morgan fingerprint density at radius 1 is 0.292 bits per heavy atom. The summed E-state index contributed by atoms with van der Waals surface area (Å²) in [5, 5.41) is 5.15. The van der Waals surface area contributed by atoms with E-state index in [9.17, 15) is 0 Å². The third kappa shape index (κ3) is 5.23. The van der Waals surface area contributed by atoms with E-state index in [1.807, 2.05) is 11.3 Å². The van der Waals surface area contributed by atoms with Crippen LogP contribution in [0.25, 0.3) is 64.3 Å². The average Bonchev–Trinajstić information content (AvgIpc) is 3.54. The first-order valence-electron chi connectivity index (χ1n) is 16.3. The number of fused-ring (bicyclic) bond motifs is 4. The second-order valence-electron chi connectivity index (χ2n) is 12.2. The summed E-state index contributed by atoms with van der Waals surface area (Å²) in [6.45, 7) is 0. The molecule has 9 aromatic rings. The van der Waals surface area contributed by atoms with Gasteiger partial charge in [0.1, 0.15) is 0 Å². The summed E-state index contributed by atoms with van der Waals surface area (Å²) in [6.07, 6.45) is 0. The normalized spacial score (nSPS) is 11.3. The van der Waals surface area contributed by atoms with E-state index in [-0.39, 0.29) is 0 Å². The predicted molar refractivity (Wildman–Crippen MR) is 208 cm³/mol. The third-order valence-corrected chi connectivity index (χ3v) is 10.4. The van der Waals surface area contributed by atoms with Crippen molar-refractivity contribution in [3.8, 4) is 33.4 Å². The van der Waals surface area contributed by atoms with E-state index >= 15 is 0 Å². The molecule has 0 unspecified atom stereocenters. The van der Waals surface area contributed by atoms with E-state index in [1.165, 1.54) is 64.3 Å². The summed E-state index contributed by atoms with van der Waals surface area (Å²) in [7, 11) is 0. The van der Waals surface area contributed by atoms with Crippen LogP contribution in [-0.4, -0.2) is 0 Å². The molecule has 0 radical (unpaired) electrons. The number of hydrogen-bond donors (Lipinski definition) is 0. The summed E-state index contributed by atoms with van der Waals surface area (Å²) in [5.74, 6) is 0. The van der Waals surface area contributed by atoms with E-state index in [1.54, 1.807) is 0 Å². The van der Waals surface area contributed by atoms with Crippen LogP contribution in [0.3, 0.4) is 0 Å². The molecule has 2 heteroatoms. The topological polar surface area (TPSA) is 3.24 Å². The molecule has 1 heterocycles. The van der Waals surface area contributed by atoms with Crippen molar-refractivity contribution in [2.75, 3.05) is 4.90 Å². The summed E-state index contributed by atoms with van der Waals surface area (Å²) >= 11 is 1.86. The molecule has 0 aliphatic rings. The number of nitrogens with zero attached hydrogens (tertiary/aromatic N) is 1. The van der Waals surface area contributed by atoms with Crippen LogP contribution < -0.4 is 4.90 Å². The van der Waals surface area contributed by atoms with Crippen LogP contribution in [0.4, 0.5) is 17.1 Å².